The van der Waals surface area contributed by atoms with Crippen LogP contribution in [0.4, 0.5) is 0 Å². The Bertz CT molecular complexity index is 220. The van der Waals surface area contributed by atoms with Crippen molar-refractivity contribution in [1.29, 1.82) is 0 Å². The predicted molar refractivity (Wildman–Crippen MR) is 62.3 cm³/mol. The van der Waals surface area contributed by atoms with Crippen LogP contribution < -0.4 is 0 Å². The number of aliphatic carboxylic acids is 1. The lowest BCUT2D eigenvalue weighted by atomic mass is 9.96. The summed E-state index contributed by atoms with van der Waals surface area (Å²) in [5, 5.41) is 18.1. The minimum absolute atomic E-state index is 0.136. The van der Waals surface area contributed by atoms with Crippen molar-refractivity contribution in [1.82, 2.24) is 4.90 Å². The normalized spacial score (nSPS) is 26.9. The van der Waals surface area contributed by atoms with Crippen LogP contribution in [0.3, 0.4) is 0 Å². The summed E-state index contributed by atoms with van der Waals surface area (Å²) in [5.41, 5.74) is 0. The van der Waals surface area contributed by atoms with Crippen LogP contribution in [0.2, 0.25) is 0 Å². The molecule has 2 atom stereocenters. The maximum absolute atomic E-state index is 10.3. The number of nitrogens with zero attached hydrogens (tertiary/aromatic N) is 1. The zero-order valence-corrected chi connectivity index (χ0v) is 10.1. The van der Waals surface area contributed by atoms with E-state index in [0.717, 1.165) is 45.3 Å². The topological polar surface area (TPSA) is 60.8 Å². The van der Waals surface area contributed by atoms with E-state index in [2.05, 4.69) is 11.8 Å². The summed E-state index contributed by atoms with van der Waals surface area (Å²) in [6, 6.07) is 0. The van der Waals surface area contributed by atoms with Crippen LogP contribution in [-0.2, 0) is 4.79 Å². The summed E-state index contributed by atoms with van der Waals surface area (Å²) in [6.07, 6.45) is 3.85. The smallest absolute Gasteiger partial charge is 0.303 e. The van der Waals surface area contributed by atoms with Crippen molar-refractivity contribution in [3.8, 4) is 0 Å². The number of aliphatic hydroxyl groups excluding tert-OH is 1. The number of hydrogen-bond acceptors (Lipinski definition) is 3. The molecule has 0 aliphatic carbocycles. The van der Waals surface area contributed by atoms with Gasteiger partial charge in [-0.1, -0.05) is 13.3 Å². The molecule has 0 amide bonds. The van der Waals surface area contributed by atoms with E-state index in [1.54, 1.807) is 0 Å². The fourth-order valence-electron chi connectivity index (χ4n) is 2.21. The maximum Gasteiger partial charge on any atom is 0.303 e. The predicted octanol–water partition coefficient (Wildman–Crippen LogP) is 1.33. The van der Waals surface area contributed by atoms with Crippen molar-refractivity contribution in [2.45, 2.75) is 45.1 Å². The number of carbonyl (C=O) groups is 1. The van der Waals surface area contributed by atoms with Crippen molar-refractivity contribution in [3.63, 3.8) is 0 Å². The maximum atomic E-state index is 10.3. The van der Waals surface area contributed by atoms with E-state index < -0.39 is 5.97 Å². The molecule has 1 aliphatic heterocycles. The molecule has 4 heteroatoms. The second-order valence-corrected chi connectivity index (χ2v) is 4.84. The number of rotatable bonds is 6. The van der Waals surface area contributed by atoms with Gasteiger partial charge in [0.2, 0.25) is 0 Å². The van der Waals surface area contributed by atoms with Gasteiger partial charge in [-0.3, -0.25) is 4.79 Å². The second kappa shape index (κ2) is 6.86. The van der Waals surface area contributed by atoms with E-state index in [9.17, 15) is 9.90 Å². The zero-order valence-electron chi connectivity index (χ0n) is 10.1. The fraction of sp³-hybridized carbons (Fsp3) is 0.917. The van der Waals surface area contributed by atoms with Gasteiger partial charge in [-0.25, -0.2) is 0 Å². The molecule has 2 N–H and O–H groups in total. The first-order valence-corrected chi connectivity index (χ1v) is 6.22. The van der Waals surface area contributed by atoms with Gasteiger partial charge in [0.05, 0.1) is 6.10 Å². The highest BCUT2D eigenvalue weighted by Gasteiger charge is 2.23. The molecule has 1 rings (SSSR count). The Labute approximate surface area is 97.3 Å². The van der Waals surface area contributed by atoms with E-state index in [1.807, 2.05) is 0 Å². The Balaban J connectivity index is 2.03. The second-order valence-electron chi connectivity index (χ2n) is 4.84. The van der Waals surface area contributed by atoms with Crippen LogP contribution in [0, 0.1) is 5.92 Å². The number of likely N-dealkylation sites (tertiary alicyclic amines) is 1. The average molecular weight is 229 g/mol. The van der Waals surface area contributed by atoms with Crippen molar-refractivity contribution >= 4 is 5.97 Å². The molecular formula is C12H23NO3. The van der Waals surface area contributed by atoms with Gasteiger partial charge >= 0.3 is 5.97 Å². The number of hydrogen-bond donors (Lipinski definition) is 2. The molecule has 0 radical (unpaired) electrons. The molecule has 2 unspecified atom stereocenters. The molecule has 0 bridgehead atoms. The summed E-state index contributed by atoms with van der Waals surface area (Å²) in [7, 11) is 0. The lowest BCUT2D eigenvalue weighted by molar-refractivity contribution is -0.137. The standard InChI is InChI=1S/C12H23NO3/c1-10-9-13(8-6-11(10)14)7-4-2-3-5-12(15)16/h10-11,14H,2-9H2,1H3,(H,15,16). The number of carboxylic acid groups (broad SMARTS) is 1. The quantitative estimate of drug-likeness (QED) is 0.675. The first-order chi connectivity index (χ1) is 7.59. The number of unbranched alkanes of at least 4 members (excludes halogenated alkanes) is 2. The van der Waals surface area contributed by atoms with Gasteiger partial charge in [0.1, 0.15) is 0 Å². The van der Waals surface area contributed by atoms with Crippen LogP contribution in [0.15, 0.2) is 0 Å². The molecule has 1 aliphatic rings. The first-order valence-electron chi connectivity index (χ1n) is 6.22. The Morgan fingerprint density at radius 2 is 2.12 bits per heavy atom. The molecule has 94 valence electrons. The SMILES string of the molecule is CC1CN(CCCCCC(=O)O)CCC1O. The van der Waals surface area contributed by atoms with Crippen LogP contribution in [0.5, 0.6) is 0 Å². The third-order valence-electron chi connectivity index (χ3n) is 3.31. The molecule has 1 saturated heterocycles. The van der Waals surface area contributed by atoms with E-state index in [4.69, 9.17) is 5.11 Å². The van der Waals surface area contributed by atoms with Crippen LogP contribution in [-0.4, -0.2) is 46.8 Å². The summed E-state index contributed by atoms with van der Waals surface area (Å²) >= 11 is 0. The largest absolute Gasteiger partial charge is 0.481 e. The molecule has 0 saturated carbocycles. The molecule has 4 nitrogen and oxygen atoms in total. The molecular weight excluding hydrogens is 206 g/mol. The minimum Gasteiger partial charge on any atom is -0.481 e. The number of piperidine rings is 1. The highest BCUT2D eigenvalue weighted by atomic mass is 16.4. The Hall–Kier alpha value is -0.610. The number of carboxylic acids is 1. The molecule has 0 aromatic rings. The molecule has 1 fully saturated rings. The first kappa shape index (κ1) is 13.5. The third kappa shape index (κ3) is 4.94. The van der Waals surface area contributed by atoms with E-state index in [-0.39, 0.29) is 12.5 Å². The monoisotopic (exact) mass is 229 g/mol. The lowest BCUT2D eigenvalue weighted by Crippen LogP contribution is -2.42. The van der Waals surface area contributed by atoms with Gasteiger partial charge in [-0.15, -0.1) is 0 Å². The van der Waals surface area contributed by atoms with Crippen molar-refractivity contribution < 1.29 is 15.0 Å². The van der Waals surface area contributed by atoms with E-state index in [1.165, 1.54) is 0 Å². The highest BCUT2D eigenvalue weighted by Crippen LogP contribution is 2.17. The van der Waals surface area contributed by atoms with Gasteiger partial charge in [0, 0.05) is 19.5 Å². The van der Waals surface area contributed by atoms with Crippen LogP contribution in [0.1, 0.15) is 39.0 Å². The Morgan fingerprint density at radius 1 is 1.38 bits per heavy atom. The summed E-state index contributed by atoms with van der Waals surface area (Å²) in [6.45, 7) is 5.07. The van der Waals surface area contributed by atoms with Gasteiger partial charge < -0.3 is 15.1 Å². The van der Waals surface area contributed by atoms with Crippen LogP contribution in [0.25, 0.3) is 0 Å². The van der Waals surface area contributed by atoms with Gasteiger partial charge in [0.15, 0.2) is 0 Å². The van der Waals surface area contributed by atoms with Crippen molar-refractivity contribution in [2.75, 3.05) is 19.6 Å². The molecule has 1 heterocycles. The minimum atomic E-state index is -0.699. The summed E-state index contributed by atoms with van der Waals surface area (Å²) < 4.78 is 0. The van der Waals surface area contributed by atoms with E-state index >= 15 is 0 Å². The number of aliphatic hydroxyl groups is 1. The third-order valence-corrected chi connectivity index (χ3v) is 3.31. The summed E-state index contributed by atoms with van der Waals surface area (Å²) in [5.74, 6) is -0.331. The Morgan fingerprint density at radius 3 is 2.75 bits per heavy atom. The zero-order chi connectivity index (χ0) is 12.0. The van der Waals surface area contributed by atoms with Gasteiger partial charge in [0.25, 0.3) is 0 Å². The van der Waals surface area contributed by atoms with Gasteiger partial charge in [-0.05, 0) is 31.7 Å². The van der Waals surface area contributed by atoms with Gasteiger partial charge in [-0.2, -0.15) is 0 Å². The van der Waals surface area contributed by atoms with Crippen molar-refractivity contribution in [2.24, 2.45) is 5.92 Å². The molecule has 0 aromatic carbocycles. The summed E-state index contributed by atoms with van der Waals surface area (Å²) in [4.78, 5) is 12.7. The highest BCUT2D eigenvalue weighted by molar-refractivity contribution is 5.66. The van der Waals surface area contributed by atoms with Crippen LogP contribution >= 0.6 is 0 Å². The average Bonchev–Trinajstić information content (AvgIpc) is 2.22. The van der Waals surface area contributed by atoms with Crippen molar-refractivity contribution in [3.05, 3.63) is 0 Å². The Kier molecular flexibility index (Phi) is 5.77. The molecule has 0 aromatic heterocycles. The molecule has 16 heavy (non-hydrogen) atoms. The lowest BCUT2D eigenvalue weighted by Gasteiger charge is -2.34. The molecule has 0 spiro atoms. The fourth-order valence-corrected chi connectivity index (χ4v) is 2.21. The van der Waals surface area contributed by atoms with E-state index in [0.29, 0.717) is 5.92 Å².